The molecular formula is C18H17BrN2O2S. The number of halogens is 1. The van der Waals surface area contributed by atoms with Crippen molar-refractivity contribution in [3.8, 4) is 5.75 Å². The SMILES string of the molecule is COc1ccc([C@H]2CCN(C(=O)c3cc4cc(Br)sc4[nH]3)C2)cc1. The van der Waals surface area contributed by atoms with Gasteiger partial charge in [-0.1, -0.05) is 12.1 Å². The van der Waals surface area contributed by atoms with E-state index in [4.69, 9.17) is 4.74 Å². The van der Waals surface area contributed by atoms with Gasteiger partial charge in [-0.25, -0.2) is 0 Å². The molecule has 1 atom stereocenters. The number of methoxy groups -OCH3 is 1. The van der Waals surface area contributed by atoms with E-state index in [1.807, 2.05) is 29.2 Å². The summed E-state index contributed by atoms with van der Waals surface area (Å²) >= 11 is 5.08. The van der Waals surface area contributed by atoms with Crippen LogP contribution in [-0.4, -0.2) is 36.0 Å². The van der Waals surface area contributed by atoms with E-state index in [1.54, 1.807) is 18.4 Å². The first-order valence-corrected chi connectivity index (χ1v) is 9.46. The average Bonchev–Trinajstić information content (AvgIpc) is 3.28. The number of amides is 1. The predicted octanol–water partition coefficient (Wildman–Crippen LogP) is 4.63. The number of hydrogen-bond acceptors (Lipinski definition) is 3. The molecule has 3 heterocycles. The highest BCUT2D eigenvalue weighted by Crippen LogP contribution is 2.32. The molecule has 1 amide bonds. The minimum Gasteiger partial charge on any atom is -0.497 e. The fourth-order valence-electron chi connectivity index (χ4n) is 3.27. The zero-order valence-corrected chi connectivity index (χ0v) is 15.6. The Bertz CT molecular complexity index is 853. The third-order valence-electron chi connectivity index (χ3n) is 4.57. The number of nitrogens with one attached hydrogen (secondary N) is 1. The lowest BCUT2D eigenvalue weighted by Crippen LogP contribution is -2.28. The molecule has 1 saturated heterocycles. The highest BCUT2D eigenvalue weighted by atomic mass is 79.9. The quantitative estimate of drug-likeness (QED) is 0.691. The second-order valence-electron chi connectivity index (χ2n) is 6.03. The average molecular weight is 405 g/mol. The maximum atomic E-state index is 12.7. The number of hydrogen-bond donors (Lipinski definition) is 1. The molecule has 3 aromatic rings. The van der Waals surface area contributed by atoms with Gasteiger partial charge < -0.3 is 14.6 Å². The van der Waals surface area contributed by atoms with Crippen molar-refractivity contribution < 1.29 is 9.53 Å². The van der Waals surface area contributed by atoms with Crippen LogP contribution in [0.5, 0.6) is 5.75 Å². The van der Waals surface area contributed by atoms with E-state index in [2.05, 4.69) is 33.0 Å². The summed E-state index contributed by atoms with van der Waals surface area (Å²) in [5, 5.41) is 1.08. The van der Waals surface area contributed by atoms with Crippen molar-refractivity contribution in [2.75, 3.05) is 20.2 Å². The van der Waals surface area contributed by atoms with Crippen molar-refractivity contribution in [3.63, 3.8) is 0 Å². The Morgan fingerprint density at radius 2 is 2.12 bits per heavy atom. The molecule has 6 heteroatoms. The van der Waals surface area contributed by atoms with E-state index < -0.39 is 0 Å². The van der Waals surface area contributed by atoms with Gasteiger partial charge in [-0.15, -0.1) is 11.3 Å². The van der Waals surface area contributed by atoms with Crippen LogP contribution in [0.3, 0.4) is 0 Å². The summed E-state index contributed by atoms with van der Waals surface area (Å²) in [5.74, 6) is 1.35. The fourth-order valence-corrected chi connectivity index (χ4v) is 4.78. The van der Waals surface area contributed by atoms with Crippen molar-refractivity contribution in [3.05, 3.63) is 51.4 Å². The van der Waals surface area contributed by atoms with E-state index in [-0.39, 0.29) is 5.91 Å². The number of carbonyl (C=O) groups excluding carboxylic acids is 1. The van der Waals surface area contributed by atoms with Crippen LogP contribution in [0.4, 0.5) is 0 Å². The first-order valence-electron chi connectivity index (χ1n) is 7.85. The Kier molecular flexibility index (Phi) is 4.10. The number of rotatable bonds is 3. The van der Waals surface area contributed by atoms with Crippen LogP contribution >= 0.6 is 27.3 Å². The zero-order valence-electron chi connectivity index (χ0n) is 13.2. The summed E-state index contributed by atoms with van der Waals surface area (Å²) in [5.41, 5.74) is 1.95. The Labute approximate surface area is 152 Å². The predicted molar refractivity (Wildman–Crippen MR) is 100 cm³/mol. The summed E-state index contributed by atoms with van der Waals surface area (Å²) in [6.45, 7) is 1.56. The lowest BCUT2D eigenvalue weighted by Gasteiger charge is -2.16. The lowest BCUT2D eigenvalue weighted by molar-refractivity contribution is 0.0786. The first kappa shape index (κ1) is 15.7. The molecule has 0 radical (unpaired) electrons. The molecule has 1 aliphatic heterocycles. The van der Waals surface area contributed by atoms with E-state index >= 15 is 0 Å². The molecule has 0 saturated carbocycles. The molecule has 1 N–H and O–H groups in total. The monoisotopic (exact) mass is 404 g/mol. The maximum Gasteiger partial charge on any atom is 0.270 e. The molecule has 4 rings (SSSR count). The van der Waals surface area contributed by atoms with E-state index in [0.717, 1.165) is 39.3 Å². The molecule has 124 valence electrons. The van der Waals surface area contributed by atoms with E-state index in [1.165, 1.54) is 5.56 Å². The maximum absolute atomic E-state index is 12.7. The topological polar surface area (TPSA) is 45.3 Å². The third-order valence-corrected chi connectivity index (χ3v) is 6.14. The van der Waals surface area contributed by atoms with Crippen molar-refractivity contribution in [1.82, 2.24) is 9.88 Å². The molecular weight excluding hydrogens is 388 g/mol. The van der Waals surface area contributed by atoms with Crippen LogP contribution in [0.25, 0.3) is 10.2 Å². The highest BCUT2D eigenvalue weighted by molar-refractivity contribution is 9.11. The zero-order chi connectivity index (χ0) is 16.7. The molecule has 1 aromatic carbocycles. The van der Waals surface area contributed by atoms with Gasteiger partial charge >= 0.3 is 0 Å². The Hall–Kier alpha value is -1.79. The largest absolute Gasteiger partial charge is 0.497 e. The number of aromatic amines is 1. The lowest BCUT2D eigenvalue weighted by atomic mass is 9.98. The summed E-state index contributed by atoms with van der Waals surface area (Å²) < 4.78 is 6.28. The minimum atomic E-state index is 0.0885. The molecule has 0 spiro atoms. The van der Waals surface area contributed by atoms with Crippen LogP contribution < -0.4 is 4.74 Å². The van der Waals surface area contributed by atoms with Crippen molar-refractivity contribution >= 4 is 43.4 Å². The van der Waals surface area contributed by atoms with Gasteiger partial charge in [0.25, 0.3) is 5.91 Å². The van der Waals surface area contributed by atoms with Gasteiger partial charge in [0.1, 0.15) is 16.3 Å². The molecule has 4 nitrogen and oxygen atoms in total. The summed E-state index contributed by atoms with van der Waals surface area (Å²) in [6, 6.07) is 12.1. The highest BCUT2D eigenvalue weighted by Gasteiger charge is 2.28. The van der Waals surface area contributed by atoms with Crippen LogP contribution in [0.15, 0.2) is 40.2 Å². The number of H-pyrrole nitrogens is 1. The van der Waals surface area contributed by atoms with Crippen molar-refractivity contribution in [2.45, 2.75) is 12.3 Å². The number of thiophene rings is 1. The van der Waals surface area contributed by atoms with Crippen LogP contribution in [0, 0.1) is 0 Å². The number of nitrogens with zero attached hydrogens (tertiary/aromatic N) is 1. The second-order valence-corrected chi connectivity index (χ2v) is 8.46. The van der Waals surface area contributed by atoms with Gasteiger partial charge in [-0.2, -0.15) is 0 Å². The molecule has 0 bridgehead atoms. The van der Waals surface area contributed by atoms with Gasteiger partial charge in [0.15, 0.2) is 0 Å². The first-order chi connectivity index (χ1) is 11.6. The van der Waals surface area contributed by atoms with Gasteiger partial charge in [0.2, 0.25) is 0 Å². The fraction of sp³-hybridized carbons (Fsp3) is 0.278. The molecule has 1 aliphatic rings. The number of benzene rings is 1. The standard InChI is InChI=1S/C18H17BrN2O2S/c1-23-14-4-2-11(3-5-14)12-6-7-21(10-12)18(22)15-8-13-9-16(19)24-17(13)20-15/h2-5,8-9,12,20H,6-7,10H2,1H3/t12-/m0/s1. The number of ether oxygens (including phenoxy) is 1. The Morgan fingerprint density at radius 3 is 2.83 bits per heavy atom. The summed E-state index contributed by atoms with van der Waals surface area (Å²) in [4.78, 5) is 19.0. The van der Waals surface area contributed by atoms with Crippen LogP contribution in [0.1, 0.15) is 28.4 Å². The van der Waals surface area contributed by atoms with Crippen LogP contribution in [0.2, 0.25) is 0 Å². The normalized spacial score (nSPS) is 17.6. The van der Waals surface area contributed by atoms with E-state index in [0.29, 0.717) is 11.6 Å². The molecule has 0 unspecified atom stereocenters. The van der Waals surface area contributed by atoms with Gasteiger partial charge in [-0.05, 0) is 52.2 Å². The molecule has 2 aromatic heterocycles. The second kappa shape index (κ2) is 6.26. The molecule has 0 aliphatic carbocycles. The number of aromatic nitrogens is 1. The smallest absolute Gasteiger partial charge is 0.270 e. The molecule has 1 fully saturated rings. The van der Waals surface area contributed by atoms with Gasteiger partial charge in [0, 0.05) is 24.4 Å². The van der Waals surface area contributed by atoms with Crippen molar-refractivity contribution in [1.29, 1.82) is 0 Å². The van der Waals surface area contributed by atoms with Crippen LogP contribution in [-0.2, 0) is 0 Å². The van der Waals surface area contributed by atoms with Gasteiger partial charge in [0.05, 0.1) is 10.9 Å². The Balaban J connectivity index is 1.48. The van der Waals surface area contributed by atoms with Crippen molar-refractivity contribution in [2.24, 2.45) is 0 Å². The summed E-state index contributed by atoms with van der Waals surface area (Å²) in [6.07, 6.45) is 0.999. The van der Waals surface area contributed by atoms with Gasteiger partial charge in [-0.3, -0.25) is 4.79 Å². The Morgan fingerprint density at radius 1 is 1.33 bits per heavy atom. The van der Waals surface area contributed by atoms with E-state index in [9.17, 15) is 4.79 Å². The molecule has 24 heavy (non-hydrogen) atoms. The number of likely N-dealkylation sites (tertiary alicyclic amines) is 1. The number of fused-ring (bicyclic) bond motifs is 1. The third kappa shape index (κ3) is 2.84. The number of carbonyl (C=O) groups is 1. The minimum absolute atomic E-state index is 0.0885. The summed E-state index contributed by atoms with van der Waals surface area (Å²) in [7, 11) is 1.67.